The zero-order chi connectivity index (χ0) is 25.0. The molecule has 0 aliphatic heterocycles. The van der Waals surface area contributed by atoms with Crippen LogP contribution in [0.1, 0.15) is 42.9 Å². The molecule has 34 heavy (non-hydrogen) atoms. The molecule has 2 aromatic rings. The van der Waals surface area contributed by atoms with E-state index in [0.29, 0.717) is 36.4 Å². The quantitative estimate of drug-likeness (QED) is 0.442. The predicted octanol–water partition coefficient (Wildman–Crippen LogP) is 5.32. The summed E-state index contributed by atoms with van der Waals surface area (Å²) < 4.78 is 41.0. The van der Waals surface area contributed by atoms with Crippen LogP contribution >= 0.6 is 11.6 Å². The molecule has 1 fully saturated rings. The van der Waals surface area contributed by atoms with Crippen LogP contribution in [0.5, 0.6) is 11.5 Å². The highest BCUT2D eigenvalue weighted by Crippen LogP contribution is 2.39. The number of carbonyl (C=O) groups excluding carboxylic acids is 1. The van der Waals surface area contributed by atoms with Gasteiger partial charge in [-0.25, -0.2) is 18.6 Å². The smallest absolute Gasteiger partial charge is 0.324 e. The Morgan fingerprint density at radius 1 is 1.26 bits per heavy atom. The number of hydrogen-bond donors (Lipinski definition) is 0. The molecule has 0 N–H and O–H groups in total. The number of nitriles is 1. The first kappa shape index (κ1) is 25.5. The Kier molecular flexibility index (Phi) is 8.15. The zero-order valence-electron chi connectivity index (χ0n) is 19.6. The molecule has 1 aliphatic rings. The zero-order valence-corrected chi connectivity index (χ0v) is 20.4. The fraction of sp³-hybridized carbons (Fsp3) is 0.458. The SMILES string of the molecule is CCCc1c(CN(C(=O)N(C)CC2CC2)c2c(F)c(OC)cc(OC)c2F)cnc(Cl)c1C#N. The minimum absolute atomic E-state index is 0.0406. The van der Waals surface area contributed by atoms with Crippen LogP contribution in [0.4, 0.5) is 19.3 Å². The van der Waals surface area contributed by atoms with Crippen molar-refractivity contribution < 1.29 is 23.0 Å². The molecule has 1 saturated carbocycles. The van der Waals surface area contributed by atoms with Gasteiger partial charge >= 0.3 is 6.03 Å². The molecule has 182 valence electrons. The second-order valence-electron chi connectivity index (χ2n) is 8.24. The standard InChI is InChI=1S/C24H27ClF2N4O3/c1-5-6-16-15(11-29-23(25)17(16)10-28)13-31(24(32)30(2)12-14-7-8-14)22-20(26)18(33-3)9-19(34-4)21(22)27/h9,11,14H,5-8,12-13H2,1-4H3. The van der Waals surface area contributed by atoms with Crippen molar-refractivity contribution in [2.45, 2.75) is 39.2 Å². The Morgan fingerprint density at radius 3 is 2.38 bits per heavy atom. The topological polar surface area (TPSA) is 78.7 Å². The Labute approximate surface area is 202 Å². The molecular formula is C24H27ClF2N4O3. The summed E-state index contributed by atoms with van der Waals surface area (Å²) in [5.41, 5.74) is 0.642. The van der Waals surface area contributed by atoms with E-state index in [1.165, 1.54) is 25.3 Å². The van der Waals surface area contributed by atoms with Gasteiger partial charge in [0.2, 0.25) is 0 Å². The van der Waals surface area contributed by atoms with Crippen molar-refractivity contribution in [3.63, 3.8) is 0 Å². The van der Waals surface area contributed by atoms with Crippen LogP contribution in [0.2, 0.25) is 5.15 Å². The van der Waals surface area contributed by atoms with Crippen LogP contribution < -0.4 is 14.4 Å². The number of anilines is 1. The Hall–Kier alpha value is -3.12. The predicted molar refractivity (Wildman–Crippen MR) is 124 cm³/mol. The van der Waals surface area contributed by atoms with E-state index in [1.807, 2.05) is 6.92 Å². The fourth-order valence-electron chi connectivity index (χ4n) is 3.84. The van der Waals surface area contributed by atoms with Gasteiger partial charge in [0.15, 0.2) is 23.1 Å². The van der Waals surface area contributed by atoms with Crippen LogP contribution in [0, 0.1) is 28.9 Å². The molecule has 0 radical (unpaired) electrons. The third-order valence-corrected chi connectivity index (χ3v) is 6.06. The first-order valence-electron chi connectivity index (χ1n) is 11.0. The Bertz CT molecular complexity index is 1090. The van der Waals surface area contributed by atoms with Crippen molar-refractivity contribution >= 4 is 23.3 Å². The van der Waals surface area contributed by atoms with Gasteiger partial charge in [0.1, 0.15) is 16.9 Å². The van der Waals surface area contributed by atoms with E-state index >= 15 is 8.78 Å². The average molecular weight is 493 g/mol. The maximum atomic E-state index is 15.4. The van der Waals surface area contributed by atoms with Crippen molar-refractivity contribution in [3.05, 3.63) is 45.7 Å². The molecule has 1 aliphatic carbocycles. The Morgan fingerprint density at radius 2 is 1.88 bits per heavy atom. The number of carbonyl (C=O) groups is 1. The number of urea groups is 1. The summed E-state index contributed by atoms with van der Waals surface area (Å²) in [5, 5.41) is 9.65. The summed E-state index contributed by atoms with van der Waals surface area (Å²) in [4.78, 5) is 20.0. The van der Waals surface area contributed by atoms with Crippen molar-refractivity contribution in [3.8, 4) is 17.6 Å². The molecule has 3 rings (SSSR count). The second kappa shape index (κ2) is 10.9. The van der Waals surface area contributed by atoms with Gasteiger partial charge in [-0.3, -0.25) is 4.90 Å². The lowest BCUT2D eigenvalue weighted by molar-refractivity contribution is 0.212. The first-order valence-corrected chi connectivity index (χ1v) is 11.3. The lowest BCUT2D eigenvalue weighted by Crippen LogP contribution is -2.43. The third kappa shape index (κ3) is 5.17. The lowest BCUT2D eigenvalue weighted by atomic mass is 10.00. The van der Waals surface area contributed by atoms with Gasteiger partial charge in [-0.2, -0.15) is 5.26 Å². The van der Waals surface area contributed by atoms with Gasteiger partial charge in [0.25, 0.3) is 0 Å². The molecule has 2 amide bonds. The minimum Gasteiger partial charge on any atom is -0.493 e. The van der Waals surface area contributed by atoms with E-state index in [9.17, 15) is 10.1 Å². The molecule has 1 aromatic carbocycles. The highest BCUT2D eigenvalue weighted by atomic mass is 35.5. The number of ether oxygens (including phenoxy) is 2. The Balaban J connectivity index is 2.18. The molecule has 0 bridgehead atoms. The fourth-order valence-corrected chi connectivity index (χ4v) is 4.05. The number of halogens is 3. The molecule has 1 aromatic heterocycles. The highest BCUT2D eigenvalue weighted by Gasteiger charge is 2.33. The average Bonchev–Trinajstić information content (AvgIpc) is 3.64. The second-order valence-corrected chi connectivity index (χ2v) is 8.60. The molecule has 1 heterocycles. The number of benzene rings is 1. The van der Waals surface area contributed by atoms with Crippen LogP contribution in [0.25, 0.3) is 0 Å². The summed E-state index contributed by atoms with van der Waals surface area (Å²) in [5.74, 6) is -2.24. The third-order valence-electron chi connectivity index (χ3n) is 5.78. The summed E-state index contributed by atoms with van der Waals surface area (Å²) in [6.45, 7) is 2.16. The summed E-state index contributed by atoms with van der Waals surface area (Å²) >= 11 is 6.12. The van der Waals surface area contributed by atoms with Gasteiger partial charge in [-0.1, -0.05) is 24.9 Å². The van der Waals surface area contributed by atoms with Crippen molar-refractivity contribution in [1.29, 1.82) is 5.26 Å². The van der Waals surface area contributed by atoms with Crippen molar-refractivity contribution in [2.24, 2.45) is 5.92 Å². The van der Waals surface area contributed by atoms with E-state index in [-0.39, 0.29) is 28.8 Å². The molecule has 7 nitrogen and oxygen atoms in total. The molecule has 0 saturated heterocycles. The highest BCUT2D eigenvalue weighted by molar-refractivity contribution is 6.30. The number of nitrogens with zero attached hydrogens (tertiary/aromatic N) is 4. The van der Waals surface area contributed by atoms with Crippen molar-refractivity contribution in [2.75, 3.05) is 32.7 Å². The van der Waals surface area contributed by atoms with Gasteiger partial charge in [-0.15, -0.1) is 0 Å². The molecule has 10 heteroatoms. The number of hydrogen-bond acceptors (Lipinski definition) is 5. The summed E-state index contributed by atoms with van der Waals surface area (Å²) in [6.07, 6.45) is 4.60. The van der Waals surface area contributed by atoms with Gasteiger partial charge in [0, 0.05) is 25.9 Å². The van der Waals surface area contributed by atoms with Gasteiger partial charge in [-0.05, 0) is 36.3 Å². The van der Waals surface area contributed by atoms with Gasteiger partial charge in [0.05, 0.1) is 26.3 Å². The van der Waals surface area contributed by atoms with Crippen molar-refractivity contribution in [1.82, 2.24) is 9.88 Å². The van der Waals surface area contributed by atoms with E-state index in [1.54, 1.807) is 7.05 Å². The largest absolute Gasteiger partial charge is 0.493 e. The normalized spacial score (nSPS) is 12.8. The summed E-state index contributed by atoms with van der Waals surface area (Å²) in [6, 6.07) is 2.54. The number of pyridine rings is 1. The minimum atomic E-state index is -1.03. The monoisotopic (exact) mass is 492 g/mol. The van der Waals surface area contributed by atoms with Crippen LogP contribution in [0.3, 0.4) is 0 Å². The van der Waals surface area contributed by atoms with Crippen LogP contribution in [-0.2, 0) is 13.0 Å². The number of amides is 2. The maximum Gasteiger partial charge on any atom is 0.324 e. The molecule has 0 spiro atoms. The van der Waals surface area contributed by atoms with E-state index in [2.05, 4.69) is 11.1 Å². The van der Waals surface area contributed by atoms with Crippen LogP contribution in [-0.4, -0.2) is 43.7 Å². The number of rotatable bonds is 9. The molecule has 0 atom stereocenters. The molecule has 0 unspecified atom stereocenters. The lowest BCUT2D eigenvalue weighted by Gasteiger charge is -2.30. The summed E-state index contributed by atoms with van der Waals surface area (Å²) in [7, 11) is 4.08. The maximum absolute atomic E-state index is 15.4. The van der Waals surface area contributed by atoms with E-state index in [0.717, 1.165) is 23.8 Å². The number of aromatic nitrogens is 1. The first-order chi connectivity index (χ1) is 16.3. The van der Waals surface area contributed by atoms with E-state index in [4.69, 9.17) is 21.1 Å². The number of methoxy groups -OCH3 is 2. The van der Waals surface area contributed by atoms with Gasteiger partial charge < -0.3 is 14.4 Å². The van der Waals surface area contributed by atoms with Crippen LogP contribution in [0.15, 0.2) is 12.3 Å². The molecular weight excluding hydrogens is 466 g/mol. The van der Waals surface area contributed by atoms with E-state index < -0.39 is 23.4 Å².